The summed E-state index contributed by atoms with van der Waals surface area (Å²) in [5.41, 5.74) is 4.21. The largest absolute Gasteiger partial charge is 0.497 e. The Balaban J connectivity index is 0.00000225. The smallest absolute Gasteiger partial charge is 0.194 e. The number of benzene rings is 2. The summed E-state index contributed by atoms with van der Waals surface area (Å²) >= 11 is 1.64. The third-order valence-corrected chi connectivity index (χ3v) is 5.87. The summed E-state index contributed by atoms with van der Waals surface area (Å²) in [4.78, 5) is 5.89. The number of hydrogen-bond donors (Lipinski definition) is 0. The molecule has 0 saturated carbocycles. The van der Waals surface area contributed by atoms with Gasteiger partial charge in [-0.05, 0) is 17.7 Å². The molecule has 0 saturated heterocycles. The molecule has 4 nitrogen and oxygen atoms in total. The molecule has 0 radical (unpaired) electrons. The van der Waals surface area contributed by atoms with Crippen LogP contribution in [0.25, 0.3) is 16.2 Å². The topological polar surface area (TPSA) is 35.8 Å². The molecule has 2 aromatic heterocycles. The molecule has 28 heavy (non-hydrogen) atoms. The zero-order valence-corrected chi connectivity index (χ0v) is 17.9. The van der Waals surface area contributed by atoms with E-state index < -0.39 is 0 Å². The first-order valence-corrected chi connectivity index (χ1v) is 9.67. The summed E-state index contributed by atoms with van der Waals surface area (Å²) in [5.74, 6) is 1.56. The molecule has 0 spiro atoms. The van der Waals surface area contributed by atoms with E-state index in [-0.39, 0.29) is 17.8 Å². The summed E-state index contributed by atoms with van der Waals surface area (Å²) in [6.07, 6.45) is 2.14. The lowest BCUT2D eigenvalue weighted by molar-refractivity contribution is 0.395. The molecule has 4 rings (SSSR count). The van der Waals surface area contributed by atoms with Gasteiger partial charge in [0, 0.05) is 28.6 Å². The zero-order chi connectivity index (χ0) is 19.0. The van der Waals surface area contributed by atoms with Gasteiger partial charge in [0.15, 0.2) is 4.96 Å². The molecule has 0 bridgehead atoms. The van der Waals surface area contributed by atoms with Crippen LogP contribution in [0.3, 0.4) is 0 Å². The molecule has 0 fully saturated rings. The Bertz CT molecular complexity index is 1090. The number of imidazole rings is 1. The average molecular weight is 415 g/mol. The van der Waals surface area contributed by atoms with E-state index in [0.717, 1.165) is 33.4 Å². The number of aromatic nitrogens is 2. The summed E-state index contributed by atoms with van der Waals surface area (Å²) in [6, 6.07) is 16.4. The highest BCUT2D eigenvalue weighted by atomic mass is 35.5. The summed E-state index contributed by atoms with van der Waals surface area (Å²) < 4.78 is 13.1. The van der Waals surface area contributed by atoms with E-state index in [2.05, 4.69) is 54.1 Å². The van der Waals surface area contributed by atoms with Crippen molar-refractivity contribution in [1.29, 1.82) is 0 Å². The minimum Gasteiger partial charge on any atom is -0.497 e. The van der Waals surface area contributed by atoms with Gasteiger partial charge >= 0.3 is 0 Å². The van der Waals surface area contributed by atoms with Crippen molar-refractivity contribution in [3.63, 3.8) is 0 Å². The summed E-state index contributed by atoms with van der Waals surface area (Å²) in [6.45, 7) is 4.42. The van der Waals surface area contributed by atoms with Crippen LogP contribution in [0.1, 0.15) is 25.1 Å². The molecule has 2 heterocycles. The summed E-state index contributed by atoms with van der Waals surface area (Å²) in [5, 5.41) is 2.12. The van der Waals surface area contributed by atoms with Crippen molar-refractivity contribution in [2.24, 2.45) is 0 Å². The van der Waals surface area contributed by atoms with Gasteiger partial charge in [-0.3, -0.25) is 4.40 Å². The molecule has 6 heteroatoms. The fraction of sp³-hybridized carbons (Fsp3) is 0.227. The molecule has 2 aromatic carbocycles. The van der Waals surface area contributed by atoms with Gasteiger partial charge in [-0.2, -0.15) is 0 Å². The standard InChI is InChI=1S/C22H22N2O2S.ClH/c1-22(2,15-8-6-5-7-9-15)20-13-24-18(14-27-21(24)23-20)17-11-10-16(25-3)12-19(17)26-4;/h5-14H,1-4H3;1H. The van der Waals surface area contributed by atoms with Crippen LogP contribution in [0.5, 0.6) is 11.5 Å². The Hall–Kier alpha value is -2.50. The number of fused-ring (bicyclic) bond motifs is 1. The van der Waals surface area contributed by atoms with Crippen LogP contribution in [0.2, 0.25) is 0 Å². The highest BCUT2D eigenvalue weighted by molar-refractivity contribution is 7.15. The molecule has 0 N–H and O–H groups in total. The third kappa shape index (κ3) is 3.36. The van der Waals surface area contributed by atoms with Crippen molar-refractivity contribution >= 4 is 28.7 Å². The fourth-order valence-corrected chi connectivity index (χ4v) is 4.16. The molecule has 0 amide bonds. The summed E-state index contributed by atoms with van der Waals surface area (Å²) in [7, 11) is 3.34. The van der Waals surface area contributed by atoms with E-state index in [9.17, 15) is 0 Å². The van der Waals surface area contributed by atoms with Gasteiger partial charge in [0.2, 0.25) is 0 Å². The first kappa shape index (κ1) is 20.2. The highest BCUT2D eigenvalue weighted by Gasteiger charge is 2.27. The normalized spacial score (nSPS) is 11.3. The second kappa shape index (κ2) is 7.86. The first-order chi connectivity index (χ1) is 13.0. The van der Waals surface area contributed by atoms with Crippen LogP contribution in [0, 0.1) is 0 Å². The van der Waals surface area contributed by atoms with Gasteiger partial charge in [-0.15, -0.1) is 23.7 Å². The number of rotatable bonds is 5. The average Bonchev–Trinajstić information content (AvgIpc) is 3.29. The van der Waals surface area contributed by atoms with Crippen molar-refractivity contribution in [3.05, 3.63) is 71.4 Å². The quantitative estimate of drug-likeness (QED) is 0.412. The van der Waals surface area contributed by atoms with E-state index in [1.165, 1.54) is 5.56 Å². The monoisotopic (exact) mass is 414 g/mol. The zero-order valence-electron chi connectivity index (χ0n) is 16.3. The van der Waals surface area contributed by atoms with Gasteiger partial charge < -0.3 is 9.47 Å². The minimum absolute atomic E-state index is 0. The Morgan fingerprint density at radius 3 is 2.43 bits per heavy atom. The maximum absolute atomic E-state index is 5.59. The molecule has 0 aliphatic heterocycles. The highest BCUT2D eigenvalue weighted by Crippen LogP contribution is 2.38. The van der Waals surface area contributed by atoms with Crippen LogP contribution in [0.4, 0.5) is 0 Å². The Morgan fingerprint density at radius 2 is 1.75 bits per heavy atom. The molecule has 146 valence electrons. The SMILES string of the molecule is COc1ccc(-c2csc3nc(C(C)(C)c4ccccc4)cn23)c(OC)c1.Cl. The van der Waals surface area contributed by atoms with E-state index >= 15 is 0 Å². The fourth-order valence-electron chi connectivity index (χ4n) is 3.29. The lowest BCUT2D eigenvalue weighted by Gasteiger charge is -2.22. The van der Waals surface area contributed by atoms with Gasteiger partial charge in [0.25, 0.3) is 0 Å². The van der Waals surface area contributed by atoms with E-state index in [1.54, 1.807) is 25.6 Å². The number of halogens is 1. The van der Waals surface area contributed by atoms with Crippen LogP contribution >= 0.6 is 23.7 Å². The van der Waals surface area contributed by atoms with E-state index in [0.29, 0.717) is 0 Å². The van der Waals surface area contributed by atoms with Crippen molar-refractivity contribution in [1.82, 2.24) is 9.38 Å². The maximum atomic E-state index is 5.59. The molecule has 0 aliphatic rings. The number of nitrogens with zero attached hydrogens (tertiary/aromatic N) is 2. The lowest BCUT2D eigenvalue weighted by Crippen LogP contribution is -2.19. The minimum atomic E-state index is -0.172. The predicted molar refractivity (Wildman–Crippen MR) is 117 cm³/mol. The van der Waals surface area contributed by atoms with Gasteiger partial charge in [0.05, 0.1) is 25.6 Å². The van der Waals surface area contributed by atoms with Crippen molar-refractivity contribution < 1.29 is 9.47 Å². The van der Waals surface area contributed by atoms with Gasteiger partial charge in [-0.1, -0.05) is 44.2 Å². The lowest BCUT2D eigenvalue weighted by atomic mass is 9.82. The second-order valence-corrected chi connectivity index (χ2v) is 7.79. The van der Waals surface area contributed by atoms with E-state index in [4.69, 9.17) is 14.5 Å². The number of thiazole rings is 1. The third-order valence-electron chi connectivity index (χ3n) is 5.03. The number of methoxy groups -OCH3 is 2. The molecular weight excluding hydrogens is 392 g/mol. The Labute approximate surface area is 175 Å². The molecule has 0 unspecified atom stereocenters. The van der Waals surface area contributed by atoms with Crippen LogP contribution in [-0.2, 0) is 5.41 Å². The van der Waals surface area contributed by atoms with Crippen molar-refractivity contribution in [3.8, 4) is 22.8 Å². The molecule has 4 aromatic rings. The van der Waals surface area contributed by atoms with Crippen LogP contribution in [-0.4, -0.2) is 23.6 Å². The van der Waals surface area contributed by atoms with Gasteiger partial charge in [-0.25, -0.2) is 4.98 Å². The maximum Gasteiger partial charge on any atom is 0.194 e. The molecular formula is C22H23ClN2O2S. The van der Waals surface area contributed by atoms with Crippen LogP contribution < -0.4 is 9.47 Å². The number of hydrogen-bond acceptors (Lipinski definition) is 4. The Kier molecular flexibility index (Phi) is 5.68. The molecule has 0 aliphatic carbocycles. The number of ether oxygens (including phenoxy) is 2. The second-order valence-electron chi connectivity index (χ2n) is 6.96. The molecule has 0 atom stereocenters. The Morgan fingerprint density at radius 1 is 1.00 bits per heavy atom. The van der Waals surface area contributed by atoms with Crippen molar-refractivity contribution in [2.45, 2.75) is 19.3 Å². The van der Waals surface area contributed by atoms with Gasteiger partial charge in [0.1, 0.15) is 11.5 Å². The van der Waals surface area contributed by atoms with Crippen molar-refractivity contribution in [2.75, 3.05) is 14.2 Å². The van der Waals surface area contributed by atoms with E-state index in [1.807, 2.05) is 24.3 Å². The first-order valence-electron chi connectivity index (χ1n) is 8.79. The predicted octanol–water partition coefficient (Wildman–Crippen LogP) is 5.83. The van der Waals surface area contributed by atoms with Crippen LogP contribution in [0.15, 0.2) is 60.1 Å².